The van der Waals surface area contributed by atoms with Crippen molar-refractivity contribution in [2.75, 3.05) is 48.8 Å². The topological polar surface area (TPSA) is 60.5 Å². The molecule has 1 amide bonds. The van der Waals surface area contributed by atoms with Gasteiger partial charge >= 0.3 is 0 Å². The molecule has 2 heterocycles. The van der Waals surface area contributed by atoms with Crippen molar-refractivity contribution < 1.29 is 4.79 Å². The number of nitrogens with zero attached hydrogens (tertiary/aromatic N) is 3. The first-order chi connectivity index (χ1) is 13.0. The molecule has 0 radical (unpaired) electrons. The van der Waals surface area contributed by atoms with Crippen LogP contribution in [0.2, 0.25) is 0 Å². The number of nitrogens with one attached hydrogen (secondary N) is 2. The second kappa shape index (κ2) is 8.86. The normalized spacial score (nSPS) is 16.0. The Morgan fingerprint density at radius 2 is 1.74 bits per heavy atom. The van der Waals surface area contributed by atoms with Gasteiger partial charge in [-0.25, -0.2) is 4.98 Å². The molecule has 1 aliphatic rings. The average Bonchev–Trinajstić information content (AvgIpc) is 2.69. The minimum Gasteiger partial charge on any atom is -0.381 e. The van der Waals surface area contributed by atoms with Crippen molar-refractivity contribution in [1.29, 1.82) is 0 Å². The van der Waals surface area contributed by atoms with Crippen LogP contribution in [0.4, 0.5) is 17.1 Å². The maximum Gasteiger partial charge on any atom is 0.274 e. The third-order valence-electron chi connectivity index (χ3n) is 5.02. The number of benzene rings is 1. The number of hydrogen-bond donors (Lipinski definition) is 2. The van der Waals surface area contributed by atoms with Gasteiger partial charge in [-0.2, -0.15) is 0 Å². The second-order valence-corrected chi connectivity index (χ2v) is 7.18. The molecule has 1 aromatic carbocycles. The Morgan fingerprint density at radius 1 is 1.07 bits per heavy atom. The van der Waals surface area contributed by atoms with Crippen LogP contribution in [0.25, 0.3) is 0 Å². The maximum atomic E-state index is 12.4. The molecule has 0 saturated carbocycles. The number of piperazine rings is 1. The summed E-state index contributed by atoms with van der Waals surface area (Å²) in [7, 11) is 2.15. The van der Waals surface area contributed by atoms with E-state index in [9.17, 15) is 4.79 Å². The molecule has 1 fully saturated rings. The van der Waals surface area contributed by atoms with Crippen molar-refractivity contribution >= 4 is 23.0 Å². The molecule has 0 aliphatic carbocycles. The van der Waals surface area contributed by atoms with Crippen LogP contribution >= 0.6 is 0 Å². The van der Waals surface area contributed by atoms with E-state index in [1.165, 1.54) is 5.69 Å². The van der Waals surface area contributed by atoms with Crippen LogP contribution in [0, 0.1) is 0 Å². The maximum absolute atomic E-state index is 12.4. The van der Waals surface area contributed by atoms with Gasteiger partial charge in [0, 0.05) is 43.6 Å². The fourth-order valence-electron chi connectivity index (χ4n) is 3.02. The van der Waals surface area contributed by atoms with Crippen molar-refractivity contribution in [2.45, 2.75) is 26.3 Å². The van der Waals surface area contributed by atoms with Crippen LogP contribution < -0.4 is 15.5 Å². The van der Waals surface area contributed by atoms with E-state index in [-0.39, 0.29) is 5.91 Å². The Labute approximate surface area is 161 Å². The lowest BCUT2D eigenvalue weighted by Crippen LogP contribution is -2.44. The zero-order valence-corrected chi connectivity index (χ0v) is 16.4. The summed E-state index contributed by atoms with van der Waals surface area (Å²) in [6.07, 6.45) is 2.74. The molecule has 1 saturated heterocycles. The summed E-state index contributed by atoms with van der Waals surface area (Å²) in [5.74, 6) is -0.197. The van der Waals surface area contributed by atoms with Gasteiger partial charge in [-0.15, -0.1) is 0 Å². The number of anilines is 3. The molecule has 3 rings (SSSR count). The van der Waals surface area contributed by atoms with Crippen LogP contribution in [0.5, 0.6) is 0 Å². The van der Waals surface area contributed by atoms with Crippen LogP contribution in [-0.2, 0) is 0 Å². The predicted octanol–water partition coefficient (Wildman–Crippen LogP) is 3.30. The van der Waals surface area contributed by atoms with Gasteiger partial charge in [-0.05, 0) is 56.8 Å². The van der Waals surface area contributed by atoms with Gasteiger partial charge in [0.1, 0.15) is 5.69 Å². The molecule has 2 N–H and O–H groups in total. The van der Waals surface area contributed by atoms with Crippen LogP contribution in [-0.4, -0.2) is 55.1 Å². The molecule has 0 spiro atoms. The molecule has 0 bridgehead atoms. The van der Waals surface area contributed by atoms with Gasteiger partial charge in [0.25, 0.3) is 5.91 Å². The first kappa shape index (κ1) is 19.2. The molecular weight excluding hydrogens is 338 g/mol. The van der Waals surface area contributed by atoms with Gasteiger partial charge in [-0.1, -0.05) is 6.92 Å². The Kier molecular flexibility index (Phi) is 6.29. The summed E-state index contributed by atoms with van der Waals surface area (Å²) in [6.45, 7) is 8.46. The van der Waals surface area contributed by atoms with Gasteiger partial charge in [-0.3, -0.25) is 4.79 Å². The Hall–Kier alpha value is -2.60. The number of carbonyl (C=O) groups is 1. The summed E-state index contributed by atoms with van der Waals surface area (Å²) >= 11 is 0. The smallest absolute Gasteiger partial charge is 0.274 e. The van der Waals surface area contributed by atoms with E-state index in [2.05, 4.69) is 58.4 Å². The Morgan fingerprint density at radius 3 is 2.33 bits per heavy atom. The quantitative estimate of drug-likeness (QED) is 0.820. The lowest BCUT2D eigenvalue weighted by molar-refractivity contribution is 0.102. The summed E-state index contributed by atoms with van der Waals surface area (Å²) in [4.78, 5) is 21.4. The zero-order valence-electron chi connectivity index (χ0n) is 16.4. The molecule has 2 aromatic rings. The minimum atomic E-state index is -0.197. The molecule has 1 unspecified atom stereocenters. The summed E-state index contributed by atoms with van der Waals surface area (Å²) in [6, 6.07) is 12.0. The van der Waals surface area contributed by atoms with Gasteiger partial charge < -0.3 is 20.4 Å². The Bertz CT molecular complexity index is 736. The molecule has 1 aromatic heterocycles. The van der Waals surface area contributed by atoms with Gasteiger partial charge in [0.2, 0.25) is 0 Å². The third-order valence-corrected chi connectivity index (χ3v) is 5.02. The predicted molar refractivity (Wildman–Crippen MR) is 112 cm³/mol. The van der Waals surface area contributed by atoms with Crippen molar-refractivity contribution in [1.82, 2.24) is 9.88 Å². The van der Waals surface area contributed by atoms with E-state index < -0.39 is 0 Å². The number of amides is 1. The molecule has 6 nitrogen and oxygen atoms in total. The average molecular weight is 367 g/mol. The van der Waals surface area contributed by atoms with Crippen molar-refractivity contribution in [3.8, 4) is 0 Å². The lowest BCUT2D eigenvalue weighted by atomic mass is 10.2. The largest absolute Gasteiger partial charge is 0.381 e. The third kappa shape index (κ3) is 5.20. The number of likely N-dealkylation sites (N-methyl/N-ethyl adjacent to an activating group) is 1. The lowest BCUT2D eigenvalue weighted by Gasteiger charge is -2.34. The molecule has 144 valence electrons. The van der Waals surface area contributed by atoms with Crippen molar-refractivity contribution in [3.05, 3.63) is 48.3 Å². The molecule has 1 atom stereocenters. The fourth-order valence-corrected chi connectivity index (χ4v) is 3.02. The minimum absolute atomic E-state index is 0.197. The number of aromatic nitrogens is 1. The number of rotatable bonds is 6. The number of hydrogen-bond acceptors (Lipinski definition) is 5. The van der Waals surface area contributed by atoms with Gasteiger partial charge in [0.15, 0.2) is 0 Å². The highest BCUT2D eigenvalue weighted by Gasteiger charge is 2.14. The van der Waals surface area contributed by atoms with Gasteiger partial charge in [0.05, 0.1) is 11.9 Å². The fraction of sp³-hybridized carbons (Fsp3) is 0.429. The van der Waals surface area contributed by atoms with Crippen LogP contribution in [0.3, 0.4) is 0 Å². The van der Waals surface area contributed by atoms with E-state index in [0.717, 1.165) is 44.0 Å². The number of pyridine rings is 1. The molecule has 1 aliphatic heterocycles. The zero-order chi connectivity index (χ0) is 19.2. The standard InChI is InChI=1S/C21H29N5O/c1-4-16(2)23-18-7-10-20(22-15-18)21(27)24-17-5-8-19(9-6-17)26-13-11-25(3)12-14-26/h5-10,15-16,23H,4,11-14H2,1-3H3,(H,24,27). The molecule has 6 heteroatoms. The number of carbonyl (C=O) groups excluding carboxylic acids is 1. The van der Waals surface area contributed by atoms with E-state index in [4.69, 9.17) is 0 Å². The van der Waals surface area contributed by atoms with E-state index >= 15 is 0 Å². The first-order valence-corrected chi connectivity index (χ1v) is 9.62. The summed E-state index contributed by atoms with van der Waals surface area (Å²) in [5.41, 5.74) is 3.31. The second-order valence-electron chi connectivity index (χ2n) is 7.18. The summed E-state index contributed by atoms with van der Waals surface area (Å²) < 4.78 is 0. The van der Waals surface area contributed by atoms with Crippen LogP contribution in [0.15, 0.2) is 42.6 Å². The van der Waals surface area contributed by atoms with E-state index in [1.54, 1.807) is 12.3 Å². The monoisotopic (exact) mass is 367 g/mol. The SMILES string of the molecule is CCC(C)Nc1ccc(C(=O)Nc2ccc(N3CCN(C)CC3)cc2)nc1. The highest BCUT2D eigenvalue weighted by molar-refractivity contribution is 6.03. The molecule has 27 heavy (non-hydrogen) atoms. The van der Waals surface area contributed by atoms with Crippen molar-refractivity contribution in [3.63, 3.8) is 0 Å². The van der Waals surface area contributed by atoms with E-state index in [1.807, 2.05) is 18.2 Å². The van der Waals surface area contributed by atoms with Crippen LogP contribution in [0.1, 0.15) is 30.8 Å². The summed E-state index contributed by atoms with van der Waals surface area (Å²) in [5, 5.41) is 6.26. The highest BCUT2D eigenvalue weighted by atomic mass is 16.1. The molecular formula is C21H29N5O. The van der Waals surface area contributed by atoms with E-state index in [0.29, 0.717) is 11.7 Å². The first-order valence-electron chi connectivity index (χ1n) is 9.62. The Balaban J connectivity index is 1.57. The highest BCUT2D eigenvalue weighted by Crippen LogP contribution is 2.20. The van der Waals surface area contributed by atoms with Crippen molar-refractivity contribution in [2.24, 2.45) is 0 Å².